The number of nitrogens with one attached hydrogen (secondary N) is 1. The van der Waals surface area contributed by atoms with Crippen molar-refractivity contribution >= 4 is 17.3 Å². The number of aromatic nitrogens is 1. The molecule has 1 unspecified atom stereocenters. The van der Waals surface area contributed by atoms with Gasteiger partial charge < -0.3 is 25.1 Å². The van der Waals surface area contributed by atoms with E-state index in [1.165, 1.54) is 43.3 Å². The molecule has 1 saturated heterocycles. The van der Waals surface area contributed by atoms with Gasteiger partial charge in [-0.05, 0) is 63.4 Å². The van der Waals surface area contributed by atoms with E-state index in [9.17, 15) is 0 Å². The molecule has 2 fully saturated rings. The molecular weight excluding hydrogens is 380 g/mol. The van der Waals surface area contributed by atoms with Crippen LogP contribution in [0.3, 0.4) is 0 Å². The predicted octanol–water partition coefficient (Wildman–Crippen LogP) is 2.60. The standard InChI is InChI=1S/C22H33N3O2.CH3NO/c1-17(26-13-12-25-15-22(16-25)9-5-10-22)27-20-7-4-6-19-21(20)18(14-23-19)8-11-24(2)3;2-1-3/h4,6-7,14,17,23H,5,8-13,15-16H2,1-3H3;1H,(H2,2,3). The second-order valence-corrected chi connectivity index (χ2v) is 8.80. The van der Waals surface area contributed by atoms with E-state index in [1.54, 1.807) is 0 Å². The van der Waals surface area contributed by atoms with Crippen molar-refractivity contribution in [3.8, 4) is 5.75 Å². The molecule has 1 aliphatic heterocycles. The molecule has 1 spiro atoms. The van der Waals surface area contributed by atoms with E-state index < -0.39 is 0 Å². The Hall–Kier alpha value is -2.09. The summed E-state index contributed by atoms with van der Waals surface area (Å²) >= 11 is 0. The van der Waals surface area contributed by atoms with Gasteiger partial charge in [-0.15, -0.1) is 0 Å². The minimum atomic E-state index is -0.244. The highest BCUT2D eigenvalue weighted by molar-refractivity contribution is 5.89. The van der Waals surface area contributed by atoms with Gasteiger partial charge >= 0.3 is 0 Å². The van der Waals surface area contributed by atoms with Crippen LogP contribution in [-0.4, -0.2) is 74.4 Å². The highest BCUT2D eigenvalue weighted by Gasteiger charge is 2.46. The quantitative estimate of drug-likeness (QED) is 0.485. The summed E-state index contributed by atoms with van der Waals surface area (Å²) < 4.78 is 12.1. The van der Waals surface area contributed by atoms with Crippen molar-refractivity contribution < 1.29 is 14.3 Å². The number of rotatable bonds is 9. The molecule has 7 heteroatoms. The third-order valence-electron chi connectivity index (χ3n) is 6.16. The van der Waals surface area contributed by atoms with Gasteiger partial charge in [-0.1, -0.05) is 12.5 Å². The Kier molecular flexibility index (Phi) is 7.75. The number of carbonyl (C=O) groups is 1. The zero-order chi connectivity index (χ0) is 21.6. The number of carbonyl (C=O) groups excluding carboxylic acids is 1. The summed E-state index contributed by atoms with van der Waals surface area (Å²) in [5.41, 5.74) is 7.28. The molecule has 7 nitrogen and oxygen atoms in total. The first-order valence-corrected chi connectivity index (χ1v) is 10.9. The fourth-order valence-corrected chi connectivity index (χ4v) is 4.47. The van der Waals surface area contributed by atoms with Gasteiger partial charge in [0.25, 0.3) is 0 Å². The van der Waals surface area contributed by atoms with Gasteiger partial charge in [0, 0.05) is 43.3 Å². The number of benzene rings is 1. The molecule has 1 aromatic heterocycles. The average molecular weight is 417 g/mol. The van der Waals surface area contributed by atoms with E-state index >= 15 is 0 Å². The summed E-state index contributed by atoms with van der Waals surface area (Å²) in [4.78, 5) is 16.7. The van der Waals surface area contributed by atoms with Gasteiger partial charge in [0.05, 0.1) is 6.61 Å². The Morgan fingerprint density at radius 3 is 2.70 bits per heavy atom. The number of nitrogens with two attached hydrogens (primary N) is 1. The van der Waals surface area contributed by atoms with Crippen molar-refractivity contribution in [3.05, 3.63) is 30.0 Å². The van der Waals surface area contributed by atoms with Gasteiger partial charge in [-0.2, -0.15) is 0 Å². The van der Waals surface area contributed by atoms with Crippen LogP contribution in [0.25, 0.3) is 10.9 Å². The molecule has 2 aliphatic rings. The van der Waals surface area contributed by atoms with Crippen LogP contribution >= 0.6 is 0 Å². The molecule has 166 valence electrons. The van der Waals surface area contributed by atoms with E-state index in [2.05, 4.69) is 46.9 Å². The molecule has 0 radical (unpaired) electrons. The summed E-state index contributed by atoms with van der Waals surface area (Å²) in [5, 5.41) is 1.18. The highest BCUT2D eigenvalue weighted by atomic mass is 16.7. The van der Waals surface area contributed by atoms with Crippen LogP contribution in [0.15, 0.2) is 24.4 Å². The van der Waals surface area contributed by atoms with E-state index in [1.807, 2.05) is 19.1 Å². The molecule has 1 aliphatic carbocycles. The molecule has 1 aromatic carbocycles. The number of likely N-dealkylation sites (tertiary alicyclic amines) is 1. The summed E-state index contributed by atoms with van der Waals surface area (Å²) in [7, 11) is 4.21. The van der Waals surface area contributed by atoms with E-state index in [4.69, 9.17) is 14.3 Å². The molecule has 3 N–H and O–H groups in total. The Bertz CT molecular complexity index is 808. The van der Waals surface area contributed by atoms with Gasteiger partial charge in [-0.25, -0.2) is 0 Å². The summed E-state index contributed by atoms with van der Waals surface area (Å²) in [6, 6.07) is 6.19. The Morgan fingerprint density at radius 1 is 1.33 bits per heavy atom. The number of hydrogen-bond donors (Lipinski definition) is 2. The van der Waals surface area contributed by atoms with Crippen LogP contribution in [0.5, 0.6) is 5.75 Å². The second kappa shape index (κ2) is 10.3. The molecule has 1 atom stereocenters. The minimum Gasteiger partial charge on any atom is -0.465 e. The number of nitrogens with zero attached hydrogens (tertiary/aromatic N) is 2. The van der Waals surface area contributed by atoms with Crippen molar-refractivity contribution in [2.24, 2.45) is 11.1 Å². The van der Waals surface area contributed by atoms with Crippen molar-refractivity contribution in [2.45, 2.75) is 38.9 Å². The minimum absolute atomic E-state index is 0.244. The van der Waals surface area contributed by atoms with Crippen LogP contribution in [0.1, 0.15) is 31.7 Å². The largest absolute Gasteiger partial charge is 0.465 e. The number of ether oxygens (including phenoxy) is 2. The number of aromatic amines is 1. The van der Waals surface area contributed by atoms with Gasteiger partial charge in [0.2, 0.25) is 6.41 Å². The zero-order valence-corrected chi connectivity index (χ0v) is 18.5. The van der Waals surface area contributed by atoms with Gasteiger partial charge in [-0.3, -0.25) is 9.69 Å². The Labute approximate surface area is 179 Å². The second-order valence-electron chi connectivity index (χ2n) is 8.80. The fraction of sp³-hybridized carbons (Fsp3) is 0.609. The first-order valence-electron chi connectivity index (χ1n) is 10.9. The highest BCUT2D eigenvalue weighted by Crippen LogP contribution is 2.47. The molecule has 1 amide bonds. The SMILES string of the molecule is CC(OCCN1CC2(CCC2)C1)Oc1cccc2[nH]cc(CCN(C)C)c12.NC=O. The van der Waals surface area contributed by atoms with Crippen molar-refractivity contribution in [2.75, 3.05) is 46.9 Å². The fourth-order valence-electron chi connectivity index (χ4n) is 4.47. The number of H-pyrrole nitrogens is 1. The lowest BCUT2D eigenvalue weighted by atomic mass is 9.63. The van der Waals surface area contributed by atoms with E-state index in [-0.39, 0.29) is 12.7 Å². The topological polar surface area (TPSA) is 83.8 Å². The third kappa shape index (κ3) is 5.53. The van der Waals surface area contributed by atoms with E-state index in [0.29, 0.717) is 5.41 Å². The number of fused-ring (bicyclic) bond motifs is 1. The molecular formula is C23H36N4O3. The number of likely N-dealkylation sites (N-methyl/N-ethyl adjacent to an activating group) is 1. The zero-order valence-electron chi connectivity index (χ0n) is 18.5. The first kappa shape index (κ1) is 22.6. The summed E-state index contributed by atoms with van der Waals surface area (Å²) in [6.07, 6.45) is 7.40. The number of primary amides is 1. The average Bonchev–Trinajstić information content (AvgIpc) is 3.05. The molecule has 2 heterocycles. The third-order valence-corrected chi connectivity index (χ3v) is 6.16. The number of amides is 1. The van der Waals surface area contributed by atoms with Gasteiger partial charge in [0.15, 0.2) is 6.29 Å². The molecule has 2 aromatic rings. The van der Waals surface area contributed by atoms with Crippen molar-refractivity contribution in [1.29, 1.82) is 0 Å². The summed E-state index contributed by atoms with van der Waals surface area (Å²) in [6.45, 7) is 7.29. The van der Waals surface area contributed by atoms with Crippen LogP contribution < -0.4 is 10.5 Å². The molecule has 30 heavy (non-hydrogen) atoms. The van der Waals surface area contributed by atoms with Gasteiger partial charge in [0.1, 0.15) is 5.75 Å². The van der Waals surface area contributed by atoms with Crippen molar-refractivity contribution in [1.82, 2.24) is 14.8 Å². The molecule has 4 rings (SSSR count). The Balaban J connectivity index is 0.000000806. The monoisotopic (exact) mass is 416 g/mol. The maximum atomic E-state index is 8.58. The maximum absolute atomic E-state index is 8.58. The van der Waals surface area contributed by atoms with Crippen LogP contribution in [0.2, 0.25) is 0 Å². The van der Waals surface area contributed by atoms with E-state index in [0.717, 1.165) is 37.4 Å². The smallest absolute Gasteiger partial charge is 0.204 e. The van der Waals surface area contributed by atoms with Crippen LogP contribution in [-0.2, 0) is 16.0 Å². The maximum Gasteiger partial charge on any atom is 0.204 e. The van der Waals surface area contributed by atoms with Crippen LogP contribution in [0, 0.1) is 5.41 Å². The summed E-state index contributed by atoms with van der Waals surface area (Å²) in [5.74, 6) is 0.910. The van der Waals surface area contributed by atoms with Crippen LogP contribution in [0.4, 0.5) is 0 Å². The molecule has 1 saturated carbocycles. The first-order chi connectivity index (χ1) is 14.5. The lowest BCUT2D eigenvalue weighted by Gasteiger charge is -2.56. The predicted molar refractivity (Wildman–Crippen MR) is 120 cm³/mol. The Morgan fingerprint density at radius 2 is 2.07 bits per heavy atom. The number of hydrogen-bond acceptors (Lipinski definition) is 5. The normalized spacial score (nSPS) is 18.4. The molecule has 0 bridgehead atoms. The lowest BCUT2D eigenvalue weighted by Crippen LogP contribution is -2.60. The lowest BCUT2D eigenvalue weighted by molar-refractivity contribution is -0.107. The van der Waals surface area contributed by atoms with Crippen molar-refractivity contribution in [3.63, 3.8) is 0 Å².